The molecule has 0 spiro atoms. The van der Waals surface area contributed by atoms with Gasteiger partial charge in [-0.05, 0) is 54.1 Å². The van der Waals surface area contributed by atoms with E-state index < -0.39 is 22.1 Å². The number of halogens is 1. The summed E-state index contributed by atoms with van der Waals surface area (Å²) in [5.74, 6) is -0.467. The first-order valence-corrected chi connectivity index (χ1v) is 11.2. The molecule has 28 heavy (non-hydrogen) atoms. The van der Waals surface area contributed by atoms with Gasteiger partial charge in [0, 0.05) is 21.8 Å². The van der Waals surface area contributed by atoms with E-state index in [1.54, 1.807) is 37.3 Å². The van der Waals surface area contributed by atoms with Crippen molar-refractivity contribution in [3.05, 3.63) is 58.1 Å². The molecule has 1 amide bonds. The minimum atomic E-state index is -4.11. The zero-order valence-corrected chi connectivity index (χ0v) is 17.2. The maximum atomic E-state index is 13.1. The van der Waals surface area contributed by atoms with Crippen LogP contribution in [0.15, 0.2) is 40.6 Å². The zero-order valence-electron chi connectivity index (χ0n) is 14.9. The molecule has 1 aliphatic heterocycles. The monoisotopic (exact) mass is 436 g/mol. The highest BCUT2D eigenvalue weighted by Crippen LogP contribution is 2.39. The third-order valence-electron chi connectivity index (χ3n) is 4.75. The van der Waals surface area contributed by atoms with Gasteiger partial charge < -0.3 is 15.2 Å². The highest BCUT2D eigenvalue weighted by atomic mass is 35.5. The summed E-state index contributed by atoms with van der Waals surface area (Å²) in [4.78, 5) is 11.9. The molecule has 1 unspecified atom stereocenters. The topological polar surface area (TPSA) is 98.5 Å². The summed E-state index contributed by atoms with van der Waals surface area (Å²) in [5, 5.41) is 4.32. The van der Waals surface area contributed by atoms with Crippen LogP contribution in [0.5, 0.6) is 5.75 Å². The lowest BCUT2D eigenvalue weighted by Gasteiger charge is -2.26. The summed E-state index contributed by atoms with van der Waals surface area (Å²) >= 11 is 7.17. The van der Waals surface area contributed by atoms with E-state index in [0.717, 1.165) is 27.0 Å². The van der Waals surface area contributed by atoms with Crippen molar-refractivity contribution >= 4 is 49.0 Å². The number of fused-ring (bicyclic) bond motifs is 2. The van der Waals surface area contributed by atoms with E-state index in [1.807, 2.05) is 6.07 Å². The molecule has 0 saturated carbocycles. The highest BCUT2D eigenvalue weighted by Gasteiger charge is 2.31. The third kappa shape index (κ3) is 3.26. The summed E-state index contributed by atoms with van der Waals surface area (Å²) in [5.41, 5.74) is 7.40. The van der Waals surface area contributed by atoms with E-state index in [9.17, 15) is 13.2 Å². The van der Waals surface area contributed by atoms with Crippen molar-refractivity contribution in [1.29, 1.82) is 0 Å². The average molecular weight is 437 g/mol. The molecule has 1 aliphatic rings. The number of nitrogens with two attached hydrogens (primary N) is 1. The number of aryl methyl sites for hydroxylation is 1. The number of rotatable bonds is 4. The molecule has 1 atom stereocenters. The fraction of sp³-hybridized carbons (Fsp3) is 0.211. The van der Waals surface area contributed by atoms with Gasteiger partial charge in [-0.2, -0.15) is 8.42 Å². The maximum absolute atomic E-state index is 13.1. The van der Waals surface area contributed by atoms with E-state index >= 15 is 0 Å². The summed E-state index contributed by atoms with van der Waals surface area (Å²) < 4.78 is 32.5. The Morgan fingerprint density at radius 1 is 1.32 bits per heavy atom. The van der Waals surface area contributed by atoms with Crippen LogP contribution in [0.25, 0.3) is 10.1 Å². The second kappa shape index (κ2) is 7.04. The van der Waals surface area contributed by atoms with Gasteiger partial charge >= 0.3 is 10.1 Å². The Hall–Kier alpha value is -2.13. The Kier molecular flexibility index (Phi) is 4.83. The van der Waals surface area contributed by atoms with Crippen LogP contribution in [0.2, 0.25) is 5.02 Å². The lowest BCUT2D eigenvalue weighted by molar-refractivity contribution is -0.120. The molecular formula is C19H17ClN2O4S2. The Morgan fingerprint density at radius 3 is 2.86 bits per heavy atom. The van der Waals surface area contributed by atoms with E-state index in [4.69, 9.17) is 21.5 Å². The minimum absolute atomic E-state index is 0.113. The van der Waals surface area contributed by atoms with Gasteiger partial charge in [-0.1, -0.05) is 23.7 Å². The molecule has 0 bridgehead atoms. The van der Waals surface area contributed by atoms with Crippen LogP contribution in [0.1, 0.15) is 22.7 Å². The van der Waals surface area contributed by atoms with Gasteiger partial charge in [0.1, 0.15) is 11.8 Å². The molecule has 0 fully saturated rings. The van der Waals surface area contributed by atoms with Gasteiger partial charge in [0.15, 0.2) is 4.21 Å². The molecule has 3 N–H and O–H groups in total. The molecule has 9 heteroatoms. The van der Waals surface area contributed by atoms with Crippen molar-refractivity contribution < 1.29 is 17.4 Å². The maximum Gasteiger partial charge on any atom is 0.349 e. The Labute approximate surface area is 171 Å². The predicted octanol–water partition coefficient (Wildman–Crippen LogP) is 3.30. The quantitative estimate of drug-likeness (QED) is 0.611. The molecule has 0 aliphatic carbocycles. The highest BCUT2D eigenvalue weighted by molar-refractivity contribution is 7.89. The van der Waals surface area contributed by atoms with Crippen LogP contribution in [0, 0.1) is 6.92 Å². The summed E-state index contributed by atoms with van der Waals surface area (Å²) in [6, 6.07) is 9.54. The Balaban J connectivity index is 1.80. The SMILES string of the molecule is Cc1c(S(=O)(=O)Oc2cccc3c2C(C(N)=O)NCC3)sc2ccc(Cl)cc12. The first-order chi connectivity index (χ1) is 13.3. The van der Waals surface area contributed by atoms with Crippen molar-refractivity contribution in [3.8, 4) is 5.75 Å². The lowest BCUT2D eigenvalue weighted by Crippen LogP contribution is -2.39. The number of benzene rings is 2. The normalized spacial score (nSPS) is 16.7. The molecule has 2 heterocycles. The standard InChI is InChI=1S/C19H17ClN2O4S2/c1-10-13-9-12(20)5-6-15(13)27-19(10)28(24,25)26-14-4-2-3-11-7-8-22-17(16(11)14)18(21)23/h2-6,9,17,22H,7-8H2,1H3,(H2,21,23). The smallest absolute Gasteiger partial charge is 0.349 e. The second-order valence-electron chi connectivity index (χ2n) is 6.56. The zero-order chi connectivity index (χ0) is 20.1. The number of thiophene rings is 1. The Bertz CT molecular complexity index is 1200. The third-order valence-corrected chi connectivity index (χ3v) is 8.08. The number of amides is 1. The first kappa shape index (κ1) is 19.2. The second-order valence-corrected chi connectivity index (χ2v) is 9.79. The fourth-order valence-electron chi connectivity index (χ4n) is 3.47. The average Bonchev–Trinajstić information content (AvgIpc) is 2.98. The molecule has 6 nitrogen and oxygen atoms in total. The van der Waals surface area contributed by atoms with Gasteiger partial charge in [0.25, 0.3) is 0 Å². The molecule has 1 aromatic heterocycles. The van der Waals surface area contributed by atoms with Crippen LogP contribution in [-0.2, 0) is 21.3 Å². The van der Waals surface area contributed by atoms with E-state index in [2.05, 4.69) is 5.32 Å². The van der Waals surface area contributed by atoms with Crippen LogP contribution in [-0.4, -0.2) is 20.9 Å². The summed E-state index contributed by atoms with van der Waals surface area (Å²) in [6.45, 7) is 2.30. The van der Waals surface area contributed by atoms with Gasteiger partial charge in [-0.3, -0.25) is 4.79 Å². The number of hydrogen-bond acceptors (Lipinski definition) is 6. The van der Waals surface area contributed by atoms with Crippen molar-refractivity contribution in [2.24, 2.45) is 5.73 Å². The predicted molar refractivity (Wildman–Crippen MR) is 109 cm³/mol. The number of carbonyl (C=O) groups is 1. The van der Waals surface area contributed by atoms with Crippen LogP contribution < -0.4 is 15.2 Å². The molecular weight excluding hydrogens is 420 g/mol. The minimum Gasteiger partial charge on any atom is -0.378 e. The van der Waals surface area contributed by atoms with Gasteiger partial charge in [0.05, 0.1) is 0 Å². The molecule has 146 valence electrons. The molecule has 0 radical (unpaired) electrons. The molecule has 2 aromatic carbocycles. The van der Waals surface area contributed by atoms with Gasteiger partial charge in [-0.15, -0.1) is 11.3 Å². The molecule has 3 aromatic rings. The van der Waals surface area contributed by atoms with Crippen molar-refractivity contribution in [2.45, 2.75) is 23.6 Å². The molecule has 4 rings (SSSR count). The van der Waals surface area contributed by atoms with E-state index in [1.165, 1.54) is 0 Å². The van der Waals surface area contributed by atoms with E-state index in [0.29, 0.717) is 29.1 Å². The first-order valence-electron chi connectivity index (χ1n) is 8.55. The van der Waals surface area contributed by atoms with E-state index in [-0.39, 0.29) is 9.96 Å². The Morgan fingerprint density at radius 2 is 2.11 bits per heavy atom. The molecule has 0 saturated heterocycles. The number of hydrogen-bond donors (Lipinski definition) is 2. The van der Waals surface area contributed by atoms with Crippen LogP contribution in [0.4, 0.5) is 0 Å². The van der Waals surface area contributed by atoms with Crippen molar-refractivity contribution in [3.63, 3.8) is 0 Å². The fourth-order valence-corrected chi connectivity index (χ4v) is 6.28. The largest absolute Gasteiger partial charge is 0.378 e. The van der Waals surface area contributed by atoms with Crippen LogP contribution >= 0.6 is 22.9 Å². The number of nitrogens with one attached hydrogen (secondary N) is 1. The summed E-state index contributed by atoms with van der Waals surface area (Å²) in [7, 11) is -4.11. The number of primary amides is 1. The number of carbonyl (C=O) groups excluding carboxylic acids is 1. The van der Waals surface area contributed by atoms with Gasteiger partial charge in [0.2, 0.25) is 5.91 Å². The van der Waals surface area contributed by atoms with Gasteiger partial charge in [-0.25, -0.2) is 0 Å². The van der Waals surface area contributed by atoms with Crippen molar-refractivity contribution in [2.75, 3.05) is 6.54 Å². The van der Waals surface area contributed by atoms with Crippen LogP contribution in [0.3, 0.4) is 0 Å². The van der Waals surface area contributed by atoms with Crippen molar-refractivity contribution in [1.82, 2.24) is 5.32 Å². The summed E-state index contributed by atoms with van der Waals surface area (Å²) in [6.07, 6.45) is 0.650. The lowest BCUT2D eigenvalue weighted by atomic mass is 9.93.